The first kappa shape index (κ1) is 16.1. The summed E-state index contributed by atoms with van der Waals surface area (Å²) in [5.74, 6) is 0.714. The highest BCUT2D eigenvalue weighted by molar-refractivity contribution is 5.85. The second kappa shape index (κ2) is 6.48. The fourth-order valence-electron chi connectivity index (χ4n) is 3.95. The van der Waals surface area contributed by atoms with Crippen molar-refractivity contribution in [2.45, 2.75) is 19.3 Å². The minimum Gasteiger partial charge on any atom is -0.395 e. The van der Waals surface area contributed by atoms with Crippen molar-refractivity contribution in [3.63, 3.8) is 0 Å². The maximum absolute atomic E-state index is 12.9. The summed E-state index contributed by atoms with van der Waals surface area (Å²) < 4.78 is 5.45. The van der Waals surface area contributed by atoms with Crippen molar-refractivity contribution in [3.8, 4) is 11.4 Å². The Morgan fingerprint density at radius 2 is 2.04 bits per heavy atom. The third kappa shape index (κ3) is 2.89. The summed E-state index contributed by atoms with van der Waals surface area (Å²) in [5.41, 5.74) is 0.531. The van der Waals surface area contributed by atoms with E-state index in [1.165, 1.54) is 0 Å². The highest BCUT2D eigenvalue weighted by Crippen LogP contribution is 2.41. The van der Waals surface area contributed by atoms with E-state index >= 15 is 0 Å². The van der Waals surface area contributed by atoms with Crippen LogP contribution in [0.2, 0.25) is 0 Å². The van der Waals surface area contributed by atoms with E-state index in [4.69, 9.17) is 4.52 Å². The first-order chi connectivity index (χ1) is 12.2. The fraction of sp³-hybridized carbons (Fsp3) is 0.500. The van der Waals surface area contributed by atoms with Crippen molar-refractivity contribution in [2.75, 3.05) is 37.7 Å². The number of rotatable bonds is 4. The van der Waals surface area contributed by atoms with Crippen molar-refractivity contribution in [1.29, 1.82) is 0 Å². The van der Waals surface area contributed by atoms with Crippen molar-refractivity contribution < 1.29 is 14.4 Å². The average molecular weight is 342 g/mol. The molecule has 0 radical (unpaired) electrons. The van der Waals surface area contributed by atoms with Crippen LogP contribution < -0.4 is 4.90 Å². The Kier molecular flexibility index (Phi) is 4.17. The molecule has 7 heteroatoms. The van der Waals surface area contributed by atoms with Gasteiger partial charge in [-0.25, -0.2) is 0 Å². The number of carbonyl (C=O) groups is 1. The second-order valence-corrected chi connectivity index (χ2v) is 6.84. The summed E-state index contributed by atoms with van der Waals surface area (Å²) in [7, 11) is 0. The van der Waals surface area contributed by atoms with Gasteiger partial charge in [-0.2, -0.15) is 4.98 Å². The van der Waals surface area contributed by atoms with Crippen LogP contribution in [0.4, 0.5) is 6.01 Å². The fourth-order valence-corrected chi connectivity index (χ4v) is 3.95. The predicted octanol–water partition coefficient (Wildman–Crippen LogP) is 1.55. The van der Waals surface area contributed by atoms with E-state index < -0.39 is 0 Å². The largest absolute Gasteiger partial charge is 0.395 e. The number of hydrogen-bond acceptors (Lipinski definition) is 6. The summed E-state index contributed by atoms with van der Waals surface area (Å²) in [6.07, 6.45) is 2.64. The van der Waals surface area contributed by atoms with Crippen molar-refractivity contribution in [3.05, 3.63) is 30.3 Å². The van der Waals surface area contributed by atoms with Crippen molar-refractivity contribution in [2.24, 2.45) is 5.41 Å². The molecule has 1 unspecified atom stereocenters. The molecule has 2 aliphatic rings. The summed E-state index contributed by atoms with van der Waals surface area (Å²) in [5, 5.41) is 13.2. The normalized spacial score (nSPS) is 23.6. The molecule has 2 aliphatic heterocycles. The Hall–Kier alpha value is -2.41. The van der Waals surface area contributed by atoms with Gasteiger partial charge >= 0.3 is 6.01 Å². The van der Waals surface area contributed by atoms with Gasteiger partial charge in [-0.15, -0.1) is 0 Å². The molecule has 1 spiro atoms. The van der Waals surface area contributed by atoms with Crippen LogP contribution in [0.25, 0.3) is 11.4 Å². The summed E-state index contributed by atoms with van der Waals surface area (Å²) >= 11 is 0. The predicted molar refractivity (Wildman–Crippen MR) is 91.9 cm³/mol. The Morgan fingerprint density at radius 3 is 2.84 bits per heavy atom. The summed E-state index contributed by atoms with van der Waals surface area (Å²) in [6, 6.07) is 10.2. The molecule has 2 saturated heterocycles. The van der Waals surface area contributed by atoms with Crippen LogP contribution in [0.5, 0.6) is 0 Å². The first-order valence-electron chi connectivity index (χ1n) is 8.76. The average Bonchev–Trinajstić information content (AvgIpc) is 3.28. The molecule has 1 N–H and O–H groups in total. The van der Waals surface area contributed by atoms with Gasteiger partial charge in [0.05, 0.1) is 12.0 Å². The minimum absolute atomic E-state index is 0.00955. The molecular weight excluding hydrogens is 320 g/mol. The third-order valence-corrected chi connectivity index (χ3v) is 5.27. The zero-order valence-electron chi connectivity index (χ0n) is 14.1. The van der Waals surface area contributed by atoms with E-state index in [0.29, 0.717) is 24.9 Å². The van der Waals surface area contributed by atoms with E-state index in [-0.39, 0.29) is 17.9 Å². The quantitative estimate of drug-likeness (QED) is 0.908. The number of hydrogen-bond donors (Lipinski definition) is 1. The van der Waals surface area contributed by atoms with Crippen molar-refractivity contribution >= 4 is 11.9 Å². The van der Waals surface area contributed by atoms with Crippen LogP contribution >= 0.6 is 0 Å². The van der Waals surface area contributed by atoms with Crippen LogP contribution in [-0.2, 0) is 4.79 Å². The van der Waals surface area contributed by atoms with Gasteiger partial charge in [0, 0.05) is 31.7 Å². The van der Waals surface area contributed by atoms with E-state index in [9.17, 15) is 9.90 Å². The number of aromatic nitrogens is 2. The first-order valence-corrected chi connectivity index (χ1v) is 8.76. The molecule has 0 aliphatic carbocycles. The van der Waals surface area contributed by atoms with E-state index in [2.05, 4.69) is 10.1 Å². The van der Waals surface area contributed by atoms with Crippen LogP contribution in [-0.4, -0.2) is 58.8 Å². The monoisotopic (exact) mass is 342 g/mol. The van der Waals surface area contributed by atoms with Gasteiger partial charge in [-0.3, -0.25) is 4.79 Å². The molecule has 0 bridgehead atoms. The Morgan fingerprint density at radius 1 is 1.20 bits per heavy atom. The minimum atomic E-state index is -0.380. The second-order valence-electron chi connectivity index (χ2n) is 6.84. The maximum atomic E-state index is 12.9. The molecule has 1 atom stereocenters. The zero-order valence-corrected chi connectivity index (χ0v) is 14.1. The molecule has 1 amide bonds. The number of likely N-dealkylation sites (tertiary alicyclic amines) is 1. The molecule has 1 aromatic heterocycles. The summed E-state index contributed by atoms with van der Waals surface area (Å²) in [6.45, 7) is 2.49. The number of benzene rings is 1. The number of piperidine rings is 1. The lowest BCUT2D eigenvalue weighted by Gasteiger charge is -2.38. The number of amides is 1. The zero-order chi connectivity index (χ0) is 17.3. The number of nitrogens with zero attached hydrogens (tertiary/aromatic N) is 4. The Balaban J connectivity index is 1.51. The smallest absolute Gasteiger partial charge is 0.324 e. The SMILES string of the molecule is O=C1N(CCO)CCCC12CCN(c1nc(-c3ccccc3)no1)C2. The highest BCUT2D eigenvalue weighted by atomic mass is 16.5. The molecule has 2 aromatic rings. The third-order valence-electron chi connectivity index (χ3n) is 5.27. The molecule has 25 heavy (non-hydrogen) atoms. The molecule has 132 valence electrons. The van der Waals surface area contributed by atoms with Crippen LogP contribution in [0.1, 0.15) is 19.3 Å². The molecule has 4 rings (SSSR count). The molecule has 7 nitrogen and oxygen atoms in total. The van der Waals surface area contributed by atoms with E-state index in [1.54, 1.807) is 4.90 Å². The molecule has 0 saturated carbocycles. The van der Waals surface area contributed by atoms with E-state index in [0.717, 1.165) is 37.9 Å². The lowest BCUT2D eigenvalue weighted by atomic mass is 9.78. The van der Waals surface area contributed by atoms with Gasteiger partial charge in [0.1, 0.15) is 0 Å². The molecular formula is C18H22N4O3. The standard InChI is InChI=1S/C18H22N4O3/c23-12-11-21-9-4-7-18(16(21)24)8-10-22(13-18)17-19-15(20-25-17)14-5-2-1-3-6-14/h1-3,5-6,23H,4,7-13H2. The van der Waals surface area contributed by atoms with Crippen molar-refractivity contribution in [1.82, 2.24) is 15.0 Å². The van der Waals surface area contributed by atoms with Crippen LogP contribution in [0, 0.1) is 5.41 Å². The number of anilines is 1. The summed E-state index contributed by atoms with van der Waals surface area (Å²) in [4.78, 5) is 21.2. The Labute approximate surface area is 146 Å². The number of carbonyl (C=O) groups excluding carboxylic acids is 1. The van der Waals surface area contributed by atoms with Gasteiger partial charge in [0.2, 0.25) is 11.7 Å². The van der Waals surface area contributed by atoms with E-state index in [1.807, 2.05) is 35.2 Å². The van der Waals surface area contributed by atoms with Gasteiger partial charge in [-0.1, -0.05) is 35.5 Å². The Bertz CT molecular complexity index is 746. The van der Waals surface area contributed by atoms with Gasteiger partial charge < -0.3 is 19.4 Å². The number of β-amino-alcohol motifs (C(OH)–C–C–N with tert-alkyl or cyclic N) is 1. The number of aliphatic hydroxyl groups excluding tert-OH is 1. The number of aliphatic hydroxyl groups is 1. The molecule has 1 aromatic carbocycles. The van der Waals surface area contributed by atoms with Gasteiger partial charge in [0.25, 0.3) is 0 Å². The lowest BCUT2D eigenvalue weighted by molar-refractivity contribution is -0.145. The van der Waals surface area contributed by atoms with Gasteiger partial charge in [-0.05, 0) is 19.3 Å². The molecule has 3 heterocycles. The topological polar surface area (TPSA) is 82.7 Å². The lowest BCUT2D eigenvalue weighted by Crippen LogP contribution is -2.50. The van der Waals surface area contributed by atoms with Gasteiger partial charge in [0.15, 0.2) is 0 Å². The van der Waals surface area contributed by atoms with Crippen LogP contribution in [0.3, 0.4) is 0 Å². The molecule has 2 fully saturated rings. The highest BCUT2D eigenvalue weighted by Gasteiger charge is 2.49. The maximum Gasteiger partial charge on any atom is 0.324 e. The van der Waals surface area contributed by atoms with Crippen LogP contribution in [0.15, 0.2) is 34.9 Å².